The maximum Gasteiger partial charge on any atom is 0.327 e. The molecule has 6 nitrogen and oxygen atoms in total. The van der Waals surface area contributed by atoms with Crippen LogP contribution >= 0.6 is 23.2 Å². The first-order valence-corrected chi connectivity index (χ1v) is 7.85. The summed E-state index contributed by atoms with van der Waals surface area (Å²) in [6.07, 6.45) is 0.323. The smallest absolute Gasteiger partial charge is 0.327 e. The van der Waals surface area contributed by atoms with E-state index in [4.69, 9.17) is 27.6 Å². The Balaban J connectivity index is 1.59. The van der Waals surface area contributed by atoms with Crippen molar-refractivity contribution in [1.29, 1.82) is 0 Å². The molecular weight excluding hydrogens is 370 g/mol. The number of halogens is 3. The number of carbonyl (C=O) groups is 1. The van der Waals surface area contributed by atoms with Gasteiger partial charge in [0.05, 0.1) is 16.5 Å². The van der Waals surface area contributed by atoms with Crippen molar-refractivity contribution in [3.8, 4) is 0 Å². The summed E-state index contributed by atoms with van der Waals surface area (Å²) in [5, 5.41) is 13.2. The van der Waals surface area contributed by atoms with E-state index >= 15 is 0 Å². The largest absolute Gasteiger partial charge is 0.407 e. The van der Waals surface area contributed by atoms with Gasteiger partial charge >= 0.3 is 12.0 Å². The Morgan fingerprint density at radius 2 is 1.80 bits per heavy atom. The van der Waals surface area contributed by atoms with Crippen LogP contribution in [0.5, 0.6) is 0 Å². The quantitative estimate of drug-likeness (QED) is 0.684. The van der Waals surface area contributed by atoms with Crippen molar-refractivity contribution in [3.63, 3.8) is 0 Å². The number of nitrogens with zero attached hydrogens (tertiary/aromatic N) is 2. The fourth-order valence-electron chi connectivity index (χ4n) is 1.99. The third-order valence-electron chi connectivity index (χ3n) is 3.13. The van der Waals surface area contributed by atoms with Gasteiger partial charge in [-0.2, -0.15) is 0 Å². The highest BCUT2D eigenvalue weighted by molar-refractivity contribution is 6.42. The first kappa shape index (κ1) is 17.2. The van der Waals surface area contributed by atoms with Crippen LogP contribution in [0.1, 0.15) is 11.5 Å². The normalized spacial score (nSPS) is 10.5. The zero-order valence-electron chi connectivity index (χ0n) is 12.6. The lowest BCUT2D eigenvalue weighted by atomic mass is 10.1. The minimum atomic E-state index is -0.574. The molecule has 0 saturated carbocycles. The van der Waals surface area contributed by atoms with Crippen molar-refractivity contribution in [2.45, 2.75) is 6.42 Å². The second kappa shape index (κ2) is 7.50. The Morgan fingerprint density at radius 3 is 2.52 bits per heavy atom. The molecule has 2 aromatic carbocycles. The summed E-state index contributed by atoms with van der Waals surface area (Å²) in [6.45, 7) is 0. The molecule has 0 aliphatic heterocycles. The average Bonchev–Trinajstić information content (AvgIpc) is 3.00. The molecule has 1 aromatic heterocycles. The van der Waals surface area contributed by atoms with E-state index in [1.807, 2.05) is 0 Å². The van der Waals surface area contributed by atoms with Crippen molar-refractivity contribution >= 4 is 40.9 Å². The van der Waals surface area contributed by atoms with E-state index in [0.29, 0.717) is 22.2 Å². The topological polar surface area (TPSA) is 80.0 Å². The highest BCUT2D eigenvalue weighted by Crippen LogP contribution is 2.25. The number of carbonyl (C=O) groups excluding carboxylic acids is 1. The number of aromatic nitrogens is 2. The van der Waals surface area contributed by atoms with E-state index in [1.165, 1.54) is 18.2 Å². The van der Waals surface area contributed by atoms with E-state index < -0.39 is 6.03 Å². The van der Waals surface area contributed by atoms with Crippen molar-refractivity contribution in [3.05, 3.63) is 69.8 Å². The Labute approximate surface area is 152 Å². The lowest BCUT2D eigenvalue weighted by Gasteiger charge is -2.05. The van der Waals surface area contributed by atoms with Crippen LogP contribution in [0.4, 0.5) is 20.9 Å². The van der Waals surface area contributed by atoms with E-state index in [1.54, 1.807) is 24.3 Å². The molecule has 0 aliphatic carbocycles. The SMILES string of the molecule is O=C(Nc1ccc(Cl)c(Cl)c1)Nc1nnc(Cc2ccc(F)cc2)o1. The van der Waals surface area contributed by atoms with Crippen molar-refractivity contribution in [2.24, 2.45) is 0 Å². The molecule has 0 spiro atoms. The Kier molecular flexibility index (Phi) is 5.16. The third-order valence-corrected chi connectivity index (χ3v) is 3.87. The average molecular weight is 381 g/mol. The lowest BCUT2D eigenvalue weighted by Crippen LogP contribution is -2.19. The second-order valence-corrected chi connectivity index (χ2v) is 5.83. The molecule has 0 aliphatic rings. The maximum atomic E-state index is 12.9. The van der Waals surface area contributed by atoms with Gasteiger partial charge in [-0.05, 0) is 35.9 Å². The van der Waals surface area contributed by atoms with Crippen molar-refractivity contribution in [1.82, 2.24) is 10.2 Å². The Hall–Kier alpha value is -2.64. The number of rotatable bonds is 4. The van der Waals surface area contributed by atoms with Gasteiger partial charge in [0, 0.05) is 5.69 Å². The maximum absolute atomic E-state index is 12.9. The van der Waals surface area contributed by atoms with Gasteiger partial charge in [-0.15, -0.1) is 5.10 Å². The molecule has 9 heteroatoms. The fourth-order valence-corrected chi connectivity index (χ4v) is 2.28. The van der Waals surface area contributed by atoms with Gasteiger partial charge in [-0.1, -0.05) is 40.4 Å². The Morgan fingerprint density at radius 1 is 1.04 bits per heavy atom. The molecular formula is C16H11Cl2FN4O2. The van der Waals surface area contributed by atoms with Gasteiger partial charge in [0.1, 0.15) is 5.82 Å². The van der Waals surface area contributed by atoms with Crippen LogP contribution in [0, 0.1) is 5.82 Å². The number of benzene rings is 2. The monoisotopic (exact) mass is 380 g/mol. The molecule has 2 amide bonds. The standard InChI is InChI=1S/C16H11Cl2FN4O2/c17-12-6-5-11(8-13(12)18)20-15(24)21-16-23-22-14(25-16)7-9-1-3-10(19)4-2-9/h1-6,8H,7H2,(H2,20,21,23,24). The van der Waals surface area contributed by atoms with Gasteiger partial charge in [-0.3, -0.25) is 5.32 Å². The number of hydrogen-bond donors (Lipinski definition) is 2. The van der Waals surface area contributed by atoms with E-state index in [0.717, 1.165) is 5.56 Å². The van der Waals surface area contributed by atoms with Crippen LogP contribution in [0.2, 0.25) is 10.0 Å². The number of hydrogen-bond acceptors (Lipinski definition) is 4. The van der Waals surface area contributed by atoms with Crippen molar-refractivity contribution < 1.29 is 13.6 Å². The van der Waals surface area contributed by atoms with Crippen LogP contribution < -0.4 is 10.6 Å². The molecule has 1 heterocycles. The molecule has 0 unspecified atom stereocenters. The molecule has 0 saturated heterocycles. The summed E-state index contributed by atoms with van der Waals surface area (Å²) in [7, 11) is 0. The summed E-state index contributed by atoms with van der Waals surface area (Å²) in [5.74, 6) is -0.0351. The van der Waals surface area contributed by atoms with Crippen LogP contribution in [0.15, 0.2) is 46.9 Å². The summed E-state index contributed by atoms with van der Waals surface area (Å²) in [5.41, 5.74) is 1.26. The molecule has 25 heavy (non-hydrogen) atoms. The van der Waals surface area contributed by atoms with Gasteiger partial charge in [0.15, 0.2) is 0 Å². The van der Waals surface area contributed by atoms with E-state index in [2.05, 4.69) is 20.8 Å². The Bertz CT molecular complexity index is 899. The first-order valence-electron chi connectivity index (χ1n) is 7.09. The van der Waals surface area contributed by atoms with Gasteiger partial charge in [-0.25, -0.2) is 9.18 Å². The molecule has 0 atom stereocenters. The predicted molar refractivity (Wildman–Crippen MR) is 92.6 cm³/mol. The minimum absolute atomic E-state index is 0.0605. The molecule has 2 N–H and O–H groups in total. The number of amides is 2. The summed E-state index contributed by atoms with van der Waals surface area (Å²) >= 11 is 11.7. The number of nitrogens with one attached hydrogen (secondary N) is 2. The summed E-state index contributed by atoms with van der Waals surface area (Å²) in [4.78, 5) is 11.9. The summed E-state index contributed by atoms with van der Waals surface area (Å²) in [6, 6.07) is 9.95. The third kappa shape index (κ3) is 4.68. The molecule has 128 valence electrons. The van der Waals surface area contributed by atoms with Crippen LogP contribution in [-0.2, 0) is 6.42 Å². The molecule has 0 fully saturated rings. The predicted octanol–water partition coefficient (Wildman–Crippen LogP) is 4.75. The molecule has 3 rings (SSSR count). The zero-order valence-corrected chi connectivity index (χ0v) is 14.1. The van der Waals surface area contributed by atoms with E-state index in [-0.39, 0.29) is 17.7 Å². The molecule has 0 bridgehead atoms. The van der Waals surface area contributed by atoms with Gasteiger partial charge < -0.3 is 9.73 Å². The van der Waals surface area contributed by atoms with Crippen LogP contribution in [-0.4, -0.2) is 16.2 Å². The fraction of sp³-hybridized carbons (Fsp3) is 0.0625. The van der Waals surface area contributed by atoms with Gasteiger partial charge in [0.25, 0.3) is 0 Å². The number of urea groups is 1. The molecule has 3 aromatic rings. The second-order valence-electron chi connectivity index (χ2n) is 5.01. The molecule has 0 radical (unpaired) electrons. The lowest BCUT2D eigenvalue weighted by molar-refractivity contribution is 0.261. The number of anilines is 2. The van der Waals surface area contributed by atoms with Crippen LogP contribution in [0.3, 0.4) is 0 Å². The minimum Gasteiger partial charge on any atom is -0.407 e. The van der Waals surface area contributed by atoms with Crippen molar-refractivity contribution in [2.75, 3.05) is 10.6 Å². The van der Waals surface area contributed by atoms with Crippen LogP contribution in [0.25, 0.3) is 0 Å². The first-order chi connectivity index (χ1) is 12.0. The van der Waals surface area contributed by atoms with Gasteiger partial charge in [0.2, 0.25) is 5.89 Å². The highest BCUT2D eigenvalue weighted by atomic mass is 35.5. The van der Waals surface area contributed by atoms with E-state index in [9.17, 15) is 9.18 Å². The zero-order chi connectivity index (χ0) is 17.8. The highest BCUT2D eigenvalue weighted by Gasteiger charge is 2.11. The summed E-state index contributed by atoms with van der Waals surface area (Å²) < 4.78 is 18.2.